The van der Waals surface area contributed by atoms with E-state index in [4.69, 9.17) is 9.29 Å². The third-order valence-electron chi connectivity index (χ3n) is 3.76. The third-order valence-corrected chi connectivity index (χ3v) is 4.39. The fourth-order valence-corrected chi connectivity index (χ4v) is 3.48. The number of nitrogens with zero attached hydrogens (tertiary/aromatic N) is 1. The van der Waals surface area contributed by atoms with E-state index >= 15 is 0 Å². The number of carboxylic acids is 1. The van der Waals surface area contributed by atoms with Crippen LogP contribution < -0.4 is 5.32 Å². The molecule has 0 unspecified atom stereocenters. The van der Waals surface area contributed by atoms with Crippen LogP contribution in [0.15, 0.2) is 16.8 Å². The number of fused-ring (bicyclic) bond motifs is 6. The van der Waals surface area contributed by atoms with Crippen molar-refractivity contribution in [2.24, 2.45) is 10.9 Å². The molecule has 8 nitrogen and oxygen atoms in total. The average molecular weight is 330 g/mol. The first-order valence-corrected chi connectivity index (χ1v) is 8.69. The van der Waals surface area contributed by atoms with Crippen molar-refractivity contribution in [2.75, 3.05) is 12.8 Å². The summed E-state index contributed by atoms with van der Waals surface area (Å²) in [6, 6.07) is 0. The van der Waals surface area contributed by atoms with Crippen molar-refractivity contribution in [1.82, 2.24) is 5.32 Å². The van der Waals surface area contributed by atoms with Gasteiger partial charge in [0, 0.05) is 18.8 Å². The molecule has 1 fully saturated rings. The minimum Gasteiger partial charge on any atom is -0.477 e. The molecule has 0 spiro atoms. The molecule has 1 saturated carbocycles. The molecule has 122 valence electrons. The topological polar surface area (TPSA) is 122 Å². The summed E-state index contributed by atoms with van der Waals surface area (Å²) in [6.45, 7) is 0.414. The Morgan fingerprint density at radius 1 is 1.45 bits per heavy atom. The van der Waals surface area contributed by atoms with Crippen LogP contribution in [-0.2, 0) is 23.9 Å². The highest BCUT2D eigenvalue weighted by Crippen LogP contribution is 2.35. The molecule has 0 aromatic carbocycles. The van der Waals surface area contributed by atoms with Crippen LogP contribution in [0.4, 0.5) is 0 Å². The highest BCUT2D eigenvalue weighted by atomic mass is 32.2. The molecule has 3 rings (SSSR count). The first-order valence-electron chi connectivity index (χ1n) is 6.88. The number of hydrogen-bond acceptors (Lipinski definition) is 6. The molecule has 0 aromatic rings. The number of carbonyl (C=O) groups is 2. The highest BCUT2D eigenvalue weighted by molar-refractivity contribution is 7.86. The Morgan fingerprint density at radius 3 is 2.64 bits per heavy atom. The van der Waals surface area contributed by atoms with E-state index in [0.29, 0.717) is 32.2 Å². The van der Waals surface area contributed by atoms with Gasteiger partial charge in [0.15, 0.2) is 5.70 Å². The zero-order chi connectivity index (χ0) is 16.4. The van der Waals surface area contributed by atoms with Gasteiger partial charge in [-0.25, -0.2) is 4.79 Å². The van der Waals surface area contributed by atoms with Gasteiger partial charge < -0.3 is 10.4 Å². The number of aliphatic imine (C=N–C) groups is 1. The van der Waals surface area contributed by atoms with Crippen LogP contribution in [0.3, 0.4) is 0 Å². The lowest BCUT2D eigenvalue weighted by molar-refractivity contribution is -0.133. The van der Waals surface area contributed by atoms with E-state index in [1.54, 1.807) is 0 Å². The number of carbonyl (C=O) groups excluding carboxylic acids is 1. The number of aliphatic carboxylic acids is 1. The minimum absolute atomic E-state index is 0.202. The summed E-state index contributed by atoms with van der Waals surface area (Å²) in [6.07, 6.45) is 5.16. The molecule has 2 aliphatic heterocycles. The molecule has 2 heterocycles. The van der Waals surface area contributed by atoms with Crippen LogP contribution in [0.5, 0.6) is 0 Å². The number of hydrogen-bond donors (Lipinski definition) is 2. The van der Waals surface area contributed by atoms with Crippen molar-refractivity contribution in [3.05, 3.63) is 11.8 Å². The number of rotatable bonds is 3. The molecule has 1 aliphatic carbocycles. The zero-order valence-corrected chi connectivity index (χ0v) is 12.9. The predicted molar refractivity (Wildman–Crippen MR) is 77.8 cm³/mol. The van der Waals surface area contributed by atoms with E-state index in [1.807, 2.05) is 0 Å². The Bertz CT molecular complexity index is 629. The average Bonchev–Trinajstić information content (AvgIpc) is 2.44. The maximum atomic E-state index is 11.7. The Balaban J connectivity index is 2.39. The van der Waals surface area contributed by atoms with E-state index in [-0.39, 0.29) is 5.92 Å². The second-order valence-electron chi connectivity index (χ2n) is 5.63. The minimum atomic E-state index is -3.72. The van der Waals surface area contributed by atoms with Crippen LogP contribution in [0.1, 0.15) is 25.7 Å². The molecule has 9 heteroatoms. The van der Waals surface area contributed by atoms with Gasteiger partial charge in [-0.2, -0.15) is 8.42 Å². The smallest absolute Gasteiger partial charge is 0.354 e. The van der Waals surface area contributed by atoms with E-state index in [0.717, 1.165) is 12.3 Å². The third kappa shape index (κ3) is 4.38. The van der Waals surface area contributed by atoms with Gasteiger partial charge in [-0.15, -0.1) is 0 Å². The number of amides is 1. The quantitative estimate of drug-likeness (QED) is 0.706. The molecule has 3 aliphatic rings. The summed E-state index contributed by atoms with van der Waals surface area (Å²) in [5, 5.41) is 11.7. The van der Waals surface area contributed by atoms with Gasteiger partial charge in [-0.1, -0.05) is 0 Å². The summed E-state index contributed by atoms with van der Waals surface area (Å²) >= 11 is 0. The van der Waals surface area contributed by atoms with Gasteiger partial charge >= 0.3 is 5.97 Å². The largest absolute Gasteiger partial charge is 0.477 e. The molecule has 0 radical (unpaired) electrons. The SMILES string of the molecule is CS(=O)(=O)OC12C=NC(C(=O)O)=CC(=O)NCC(CC1)CC2. The zero-order valence-electron chi connectivity index (χ0n) is 12.1. The molecule has 22 heavy (non-hydrogen) atoms. The normalized spacial score (nSPS) is 29.4. The van der Waals surface area contributed by atoms with Crippen molar-refractivity contribution in [3.8, 4) is 0 Å². The molecule has 1 amide bonds. The molecule has 0 saturated heterocycles. The first-order chi connectivity index (χ1) is 10.2. The lowest BCUT2D eigenvalue weighted by Crippen LogP contribution is -2.42. The predicted octanol–water partition coefficient (Wildman–Crippen LogP) is 0.0607. The Kier molecular flexibility index (Phi) is 4.66. The van der Waals surface area contributed by atoms with Gasteiger partial charge in [-0.3, -0.25) is 14.0 Å². The number of carboxylic acid groups (broad SMARTS) is 1. The van der Waals surface area contributed by atoms with E-state index in [2.05, 4.69) is 10.3 Å². The van der Waals surface area contributed by atoms with Crippen LogP contribution in [0.25, 0.3) is 0 Å². The molecular formula is C13H18N2O6S. The maximum absolute atomic E-state index is 11.7. The summed E-state index contributed by atoms with van der Waals surface area (Å²) in [5.41, 5.74) is -1.61. The number of nitrogens with one attached hydrogen (secondary N) is 1. The van der Waals surface area contributed by atoms with Crippen LogP contribution in [0.2, 0.25) is 0 Å². The second kappa shape index (κ2) is 6.17. The Hall–Kier alpha value is -1.74. The van der Waals surface area contributed by atoms with Crippen molar-refractivity contribution < 1.29 is 27.3 Å². The van der Waals surface area contributed by atoms with Gasteiger partial charge in [0.25, 0.3) is 10.1 Å². The summed E-state index contributed by atoms with van der Waals surface area (Å²) in [7, 11) is -3.72. The molecular weight excluding hydrogens is 312 g/mol. The lowest BCUT2D eigenvalue weighted by Gasteiger charge is -2.36. The fourth-order valence-electron chi connectivity index (χ4n) is 2.67. The molecule has 2 bridgehead atoms. The first kappa shape index (κ1) is 16.6. The fraction of sp³-hybridized carbons (Fsp3) is 0.615. The van der Waals surface area contributed by atoms with Crippen molar-refractivity contribution in [1.29, 1.82) is 0 Å². The van der Waals surface area contributed by atoms with Crippen molar-refractivity contribution in [2.45, 2.75) is 31.3 Å². The van der Waals surface area contributed by atoms with Crippen LogP contribution in [-0.4, -0.2) is 50.0 Å². The summed E-state index contributed by atoms with van der Waals surface area (Å²) in [4.78, 5) is 26.6. The van der Waals surface area contributed by atoms with E-state index < -0.39 is 33.3 Å². The van der Waals surface area contributed by atoms with Crippen LogP contribution >= 0.6 is 0 Å². The Morgan fingerprint density at radius 2 is 2.09 bits per heavy atom. The monoisotopic (exact) mass is 330 g/mol. The Labute approximate surface area is 128 Å². The standard InChI is InChI=1S/C13H18N2O6S/c1-22(19,20)21-13-4-2-9(3-5-13)7-14-11(16)6-10(12(17)18)15-8-13/h6,8-9H,2-5,7H2,1H3,(H,14,16)(H,17,18). The second-order valence-corrected chi connectivity index (χ2v) is 7.21. The summed E-state index contributed by atoms with van der Waals surface area (Å²) < 4.78 is 28.2. The van der Waals surface area contributed by atoms with Gasteiger partial charge in [-0.05, 0) is 31.6 Å². The molecule has 2 N–H and O–H groups in total. The van der Waals surface area contributed by atoms with Crippen molar-refractivity contribution >= 4 is 28.2 Å². The van der Waals surface area contributed by atoms with Gasteiger partial charge in [0.05, 0.1) is 6.26 Å². The van der Waals surface area contributed by atoms with E-state index in [9.17, 15) is 18.0 Å². The molecule has 0 atom stereocenters. The van der Waals surface area contributed by atoms with Gasteiger partial charge in [0.2, 0.25) is 5.91 Å². The van der Waals surface area contributed by atoms with Crippen molar-refractivity contribution in [3.63, 3.8) is 0 Å². The maximum Gasteiger partial charge on any atom is 0.354 e. The molecule has 0 aromatic heterocycles. The highest BCUT2D eigenvalue weighted by Gasteiger charge is 2.38. The van der Waals surface area contributed by atoms with Crippen LogP contribution in [0, 0.1) is 5.92 Å². The van der Waals surface area contributed by atoms with Gasteiger partial charge in [0.1, 0.15) is 5.60 Å². The van der Waals surface area contributed by atoms with E-state index in [1.165, 1.54) is 6.21 Å². The summed E-state index contributed by atoms with van der Waals surface area (Å²) in [5.74, 6) is -1.69. The lowest BCUT2D eigenvalue weighted by atomic mass is 9.79.